The van der Waals surface area contributed by atoms with Crippen LogP contribution in [0.25, 0.3) is 0 Å². The highest BCUT2D eigenvalue weighted by molar-refractivity contribution is 7.92. The third kappa shape index (κ3) is 4.59. The Morgan fingerprint density at radius 3 is 2.50 bits per heavy atom. The Morgan fingerprint density at radius 2 is 1.75 bits per heavy atom. The van der Waals surface area contributed by atoms with Crippen LogP contribution < -0.4 is 14.4 Å². The molecule has 0 saturated carbocycles. The Balaban J connectivity index is 1.66. The number of carbonyl (C=O) groups excluding carboxylic acids is 1. The smallest absolute Gasteiger partial charge is 0.264 e. The summed E-state index contributed by atoms with van der Waals surface area (Å²) in [7, 11) is -2.61. The van der Waals surface area contributed by atoms with E-state index in [9.17, 15) is 13.2 Å². The van der Waals surface area contributed by atoms with Crippen LogP contribution in [0.3, 0.4) is 0 Å². The second kappa shape index (κ2) is 9.22. The van der Waals surface area contributed by atoms with E-state index in [1.807, 2.05) is 18.2 Å². The van der Waals surface area contributed by atoms with E-state index in [0.717, 1.165) is 23.6 Å². The number of nitrogens with zero attached hydrogens (tertiary/aromatic N) is 1. The number of fused-ring (bicyclic) bond motifs is 1. The number of aryl methyl sites for hydroxylation is 2. The van der Waals surface area contributed by atoms with E-state index < -0.39 is 22.5 Å². The molecule has 0 heterocycles. The Morgan fingerprint density at radius 1 is 1.03 bits per heavy atom. The molecule has 1 amide bonds. The fourth-order valence-corrected chi connectivity index (χ4v) is 5.41. The van der Waals surface area contributed by atoms with Gasteiger partial charge in [0.2, 0.25) is 5.91 Å². The van der Waals surface area contributed by atoms with Crippen molar-refractivity contribution in [3.8, 4) is 5.75 Å². The lowest BCUT2D eigenvalue weighted by Gasteiger charge is -2.25. The predicted molar refractivity (Wildman–Crippen MR) is 126 cm³/mol. The van der Waals surface area contributed by atoms with Gasteiger partial charge in [0.05, 0.1) is 17.7 Å². The molecule has 166 valence electrons. The molecule has 0 atom stereocenters. The van der Waals surface area contributed by atoms with Gasteiger partial charge in [0, 0.05) is 10.7 Å². The van der Waals surface area contributed by atoms with E-state index >= 15 is 0 Å². The first-order valence-corrected chi connectivity index (χ1v) is 12.0. The van der Waals surface area contributed by atoms with Gasteiger partial charge >= 0.3 is 0 Å². The highest BCUT2D eigenvalue weighted by atomic mass is 35.5. The number of amides is 1. The summed E-state index contributed by atoms with van der Waals surface area (Å²) in [4.78, 5) is 13.0. The molecular formula is C24H23ClN2O4S. The minimum atomic E-state index is -4.07. The molecule has 0 saturated heterocycles. The van der Waals surface area contributed by atoms with Crippen molar-refractivity contribution >= 4 is 38.9 Å². The summed E-state index contributed by atoms with van der Waals surface area (Å²) >= 11 is 5.93. The number of carbonyl (C=O) groups is 1. The summed E-state index contributed by atoms with van der Waals surface area (Å²) in [6.07, 6.45) is 3.13. The molecule has 0 spiro atoms. The van der Waals surface area contributed by atoms with E-state index in [4.69, 9.17) is 16.3 Å². The third-order valence-electron chi connectivity index (χ3n) is 5.42. The molecule has 0 aliphatic heterocycles. The molecule has 0 radical (unpaired) electrons. The second-order valence-corrected chi connectivity index (χ2v) is 9.82. The number of hydrogen-bond donors (Lipinski definition) is 1. The number of rotatable bonds is 7. The van der Waals surface area contributed by atoms with Gasteiger partial charge in [-0.2, -0.15) is 0 Å². The molecule has 0 fully saturated rings. The average Bonchev–Trinajstić information content (AvgIpc) is 3.25. The molecule has 8 heteroatoms. The van der Waals surface area contributed by atoms with Crippen molar-refractivity contribution in [1.29, 1.82) is 0 Å². The summed E-state index contributed by atoms with van der Waals surface area (Å²) in [5, 5.41) is 3.25. The SMILES string of the molecule is COc1ccccc1N(CC(=O)Nc1ccc2c(c1)CCC2)S(=O)(=O)c1ccc(Cl)cc1. The van der Waals surface area contributed by atoms with Crippen LogP contribution in [-0.2, 0) is 27.7 Å². The number of methoxy groups -OCH3 is 1. The zero-order valence-electron chi connectivity index (χ0n) is 17.5. The topological polar surface area (TPSA) is 75.7 Å². The Labute approximate surface area is 192 Å². The van der Waals surface area contributed by atoms with Gasteiger partial charge in [-0.05, 0) is 78.9 Å². The summed E-state index contributed by atoms with van der Waals surface area (Å²) < 4.78 is 33.4. The maximum Gasteiger partial charge on any atom is 0.264 e. The van der Waals surface area contributed by atoms with E-state index in [1.54, 1.807) is 24.3 Å². The number of benzene rings is 3. The number of ether oxygens (including phenoxy) is 1. The van der Waals surface area contributed by atoms with Gasteiger partial charge in [0.15, 0.2) is 0 Å². The average molecular weight is 471 g/mol. The fraction of sp³-hybridized carbons (Fsp3) is 0.208. The van der Waals surface area contributed by atoms with Crippen LogP contribution >= 0.6 is 11.6 Å². The zero-order chi connectivity index (χ0) is 22.7. The van der Waals surface area contributed by atoms with E-state index in [-0.39, 0.29) is 10.6 Å². The predicted octanol–water partition coefficient (Wildman–Crippen LogP) is 4.67. The molecule has 6 nitrogen and oxygen atoms in total. The number of hydrogen-bond acceptors (Lipinski definition) is 4. The van der Waals surface area contributed by atoms with Crippen LogP contribution in [-0.4, -0.2) is 28.0 Å². The maximum atomic E-state index is 13.5. The molecule has 3 aromatic rings. The highest BCUT2D eigenvalue weighted by Crippen LogP contribution is 2.32. The Hall–Kier alpha value is -3.03. The Bertz CT molecular complexity index is 1240. The number of sulfonamides is 1. The number of para-hydroxylation sites is 2. The largest absolute Gasteiger partial charge is 0.495 e. The minimum absolute atomic E-state index is 0.0261. The van der Waals surface area contributed by atoms with Gasteiger partial charge < -0.3 is 10.1 Å². The fourth-order valence-electron chi connectivity index (χ4n) is 3.85. The van der Waals surface area contributed by atoms with Crippen molar-refractivity contribution in [3.63, 3.8) is 0 Å². The number of anilines is 2. The first-order valence-electron chi connectivity index (χ1n) is 10.2. The van der Waals surface area contributed by atoms with Crippen molar-refractivity contribution < 1.29 is 17.9 Å². The molecule has 1 N–H and O–H groups in total. The summed E-state index contributed by atoms with van der Waals surface area (Å²) in [6.45, 7) is -0.414. The van der Waals surface area contributed by atoms with Gasteiger partial charge in [-0.3, -0.25) is 9.10 Å². The quantitative estimate of drug-likeness (QED) is 0.544. The molecule has 0 unspecified atom stereocenters. The summed E-state index contributed by atoms with van der Waals surface area (Å²) in [5.41, 5.74) is 3.44. The normalized spacial score (nSPS) is 12.8. The first kappa shape index (κ1) is 22.2. The van der Waals surface area contributed by atoms with E-state index in [2.05, 4.69) is 5.32 Å². The second-order valence-electron chi connectivity index (χ2n) is 7.52. The van der Waals surface area contributed by atoms with E-state index in [1.165, 1.54) is 42.5 Å². The lowest BCUT2D eigenvalue weighted by Crippen LogP contribution is -2.38. The van der Waals surface area contributed by atoms with Crippen LogP contribution in [0.2, 0.25) is 5.02 Å². The molecule has 1 aliphatic carbocycles. The lowest BCUT2D eigenvalue weighted by molar-refractivity contribution is -0.114. The van der Waals surface area contributed by atoms with Crippen LogP contribution in [0.4, 0.5) is 11.4 Å². The molecular weight excluding hydrogens is 448 g/mol. The van der Waals surface area contributed by atoms with Gasteiger partial charge in [-0.15, -0.1) is 0 Å². The third-order valence-corrected chi connectivity index (χ3v) is 7.45. The number of halogens is 1. The monoisotopic (exact) mass is 470 g/mol. The molecule has 0 bridgehead atoms. The summed E-state index contributed by atoms with van der Waals surface area (Å²) in [6, 6.07) is 18.3. The van der Waals surface area contributed by atoms with Gasteiger partial charge in [-0.1, -0.05) is 29.8 Å². The summed E-state index contributed by atoms with van der Waals surface area (Å²) in [5.74, 6) is -0.109. The van der Waals surface area contributed by atoms with Crippen LogP contribution in [0.5, 0.6) is 5.75 Å². The van der Waals surface area contributed by atoms with Gasteiger partial charge in [0.25, 0.3) is 10.0 Å². The highest BCUT2D eigenvalue weighted by Gasteiger charge is 2.29. The van der Waals surface area contributed by atoms with E-state index in [0.29, 0.717) is 16.5 Å². The lowest BCUT2D eigenvalue weighted by atomic mass is 10.1. The van der Waals surface area contributed by atoms with Crippen molar-refractivity contribution in [2.75, 3.05) is 23.3 Å². The van der Waals surface area contributed by atoms with Crippen LogP contribution in [0.15, 0.2) is 71.6 Å². The molecule has 4 rings (SSSR count). The molecule has 3 aromatic carbocycles. The minimum Gasteiger partial charge on any atom is -0.495 e. The molecule has 0 aromatic heterocycles. The van der Waals surface area contributed by atoms with Crippen molar-refractivity contribution in [2.45, 2.75) is 24.2 Å². The van der Waals surface area contributed by atoms with Crippen molar-refractivity contribution in [3.05, 3.63) is 82.9 Å². The van der Waals surface area contributed by atoms with Crippen LogP contribution in [0.1, 0.15) is 17.5 Å². The number of nitrogens with one attached hydrogen (secondary N) is 1. The zero-order valence-corrected chi connectivity index (χ0v) is 19.1. The van der Waals surface area contributed by atoms with Crippen LogP contribution in [0, 0.1) is 0 Å². The van der Waals surface area contributed by atoms with Crippen molar-refractivity contribution in [1.82, 2.24) is 0 Å². The standard InChI is InChI=1S/C24H23ClN2O4S/c1-31-23-8-3-2-7-22(23)27(32(29,30)21-13-10-19(25)11-14-21)16-24(28)26-20-12-9-17-5-4-6-18(17)15-20/h2-3,7-15H,4-6,16H2,1H3,(H,26,28). The molecule has 32 heavy (non-hydrogen) atoms. The van der Waals surface area contributed by atoms with Crippen molar-refractivity contribution in [2.24, 2.45) is 0 Å². The van der Waals surface area contributed by atoms with Gasteiger partial charge in [-0.25, -0.2) is 8.42 Å². The Kier molecular flexibility index (Phi) is 6.39. The van der Waals surface area contributed by atoms with Gasteiger partial charge in [0.1, 0.15) is 12.3 Å². The molecule has 1 aliphatic rings. The maximum absolute atomic E-state index is 13.5. The first-order chi connectivity index (χ1) is 15.4.